The molecule has 0 unspecified atom stereocenters. The Labute approximate surface area is 79.2 Å². The lowest BCUT2D eigenvalue weighted by atomic mass is 9.76. The van der Waals surface area contributed by atoms with Crippen molar-refractivity contribution in [1.29, 1.82) is 0 Å². The van der Waals surface area contributed by atoms with Crippen LogP contribution in [0.2, 0.25) is 0 Å². The van der Waals surface area contributed by atoms with Gasteiger partial charge in [0.2, 0.25) is 0 Å². The van der Waals surface area contributed by atoms with Gasteiger partial charge in [0.1, 0.15) is 0 Å². The molecule has 1 fully saturated rings. The second kappa shape index (κ2) is 3.55. The molecule has 13 heavy (non-hydrogen) atoms. The minimum Gasteiger partial charge on any atom is -0.264 e. The van der Waals surface area contributed by atoms with Crippen LogP contribution >= 0.6 is 0 Å². The summed E-state index contributed by atoms with van der Waals surface area (Å²) >= 11 is 0. The van der Waals surface area contributed by atoms with Gasteiger partial charge in [0.05, 0.1) is 6.10 Å². The van der Waals surface area contributed by atoms with E-state index in [9.17, 15) is 8.42 Å². The van der Waals surface area contributed by atoms with Crippen LogP contribution in [-0.4, -0.2) is 19.1 Å². The Bertz CT molecular complexity index is 258. The van der Waals surface area contributed by atoms with Gasteiger partial charge in [-0.2, -0.15) is 8.42 Å². The zero-order valence-corrected chi connectivity index (χ0v) is 8.80. The molecule has 0 bridgehead atoms. The van der Waals surface area contributed by atoms with Crippen LogP contribution in [0, 0.1) is 5.41 Å². The van der Waals surface area contributed by atoms with Crippen LogP contribution in [0.15, 0.2) is 0 Å². The van der Waals surface area contributed by atoms with E-state index in [-0.39, 0.29) is 11.5 Å². The SMILES string of the molecule is CC1(C)CCC(OS(=O)(=O)O)CC1. The topological polar surface area (TPSA) is 63.6 Å². The normalized spacial score (nSPS) is 24.5. The highest BCUT2D eigenvalue weighted by Crippen LogP contribution is 2.36. The molecule has 1 saturated carbocycles. The largest absolute Gasteiger partial charge is 0.397 e. The minimum absolute atomic E-state index is 0.277. The first-order valence-corrected chi connectivity index (χ1v) is 5.81. The van der Waals surface area contributed by atoms with E-state index in [1.807, 2.05) is 0 Å². The molecule has 0 heterocycles. The minimum atomic E-state index is -4.26. The maximum absolute atomic E-state index is 10.4. The molecule has 0 radical (unpaired) electrons. The van der Waals surface area contributed by atoms with Gasteiger partial charge in [-0.05, 0) is 31.1 Å². The highest BCUT2D eigenvalue weighted by Gasteiger charge is 2.29. The summed E-state index contributed by atoms with van der Waals surface area (Å²) < 4.78 is 33.7. The molecule has 1 aliphatic carbocycles. The van der Waals surface area contributed by atoms with E-state index in [0.29, 0.717) is 12.8 Å². The van der Waals surface area contributed by atoms with Gasteiger partial charge in [-0.15, -0.1) is 0 Å². The Hall–Kier alpha value is -0.130. The highest BCUT2D eigenvalue weighted by molar-refractivity contribution is 7.80. The van der Waals surface area contributed by atoms with E-state index in [0.717, 1.165) is 12.8 Å². The second-order valence-electron chi connectivity index (χ2n) is 4.39. The summed E-state index contributed by atoms with van der Waals surface area (Å²) in [5, 5.41) is 0. The summed E-state index contributed by atoms with van der Waals surface area (Å²) in [4.78, 5) is 0. The standard InChI is InChI=1S/C8H16O4S/c1-8(2)5-3-7(4-6-8)12-13(9,10)11/h7H,3-6H2,1-2H3,(H,9,10,11). The molecule has 0 aliphatic heterocycles. The van der Waals surface area contributed by atoms with Crippen LogP contribution < -0.4 is 0 Å². The van der Waals surface area contributed by atoms with E-state index in [1.165, 1.54) is 0 Å². The van der Waals surface area contributed by atoms with Gasteiger partial charge in [-0.25, -0.2) is 4.18 Å². The monoisotopic (exact) mass is 208 g/mol. The molecule has 0 aromatic rings. The van der Waals surface area contributed by atoms with Gasteiger partial charge >= 0.3 is 10.4 Å². The van der Waals surface area contributed by atoms with E-state index in [4.69, 9.17) is 4.55 Å². The summed E-state index contributed by atoms with van der Waals surface area (Å²) in [6, 6.07) is 0. The van der Waals surface area contributed by atoms with Gasteiger partial charge in [-0.3, -0.25) is 4.55 Å². The summed E-state index contributed by atoms with van der Waals surface area (Å²) in [7, 11) is -4.26. The molecule has 5 heteroatoms. The van der Waals surface area contributed by atoms with Crippen molar-refractivity contribution in [1.82, 2.24) is 0 Å². The van der Waals surface area contributed by atoms with E-state index in [2.05, 4.69) is 18.0 Å². The molecule has 1 aliphatic rings. The van der Waals surface area contributed by atoms with E-state index < -0.39 is 10.4 Å². The predicted octanol–water partition coefficient (Wildman–Crippen LogP) is 1.77. The fraction of sp³-hybridized carbons (Fsp3) is 1.00. The first kappa shape index (κ1) is 10.9. The summed E-state index contributed by atoms with van der Waals surface area (Å²) in [6.45, 7) is 4.30. The van der Waals surface area contributed by atoms with Crippen molar-refractivity contribution < 1.29 is 17.2 Å². The van der Waals surface area contributed by atoms with Crippen molar-refractivity contribution in [3.8, 4) is 0 Å². The maximum Gasteiger partial charge on any atom is 0.397 e. The Kier molecular flexibility index (Phi) is 2.99. The first-order chi connectivity index (χ1) is 5.79. The Balaban J connectivity index is 2.43. The molecule has 78 valence electrons. The highest BCUT2D eigenvalue weighted by atomic mass is 32.3. The molecule has 0 atom stereocenters. The van der Waals surface area contributed by atoms with Crippen molar-refractivity contribution in [2.24, 2.45) is 5.41 Å². The molecule has 0 aromatic heterocycles. The van der Waals surface area contributed by atoms with Gasteiger partial charge in [-0.1, -0.05) is 13.8 Å². The number of rotatable bonds is 2. The fourth-order valence-electron chi connectivity index (χ4n) is 1.64. The Morgan fingerprint density at radius 3 is 2.15 bits per heavy atom. The summed E-state index contributed by atoms with van der Waals surface area (Å²) in [5.41, 5.74) is 0.277. The van der Waals surface area contributed by atoms with Gasteiger partial charge in [0.15, 0.2) is 0 Å². The molecule has 0 spiro atoms. The van der Waals surface area contributed by atoms with Crippen molar-refractivity contribution >= 4 is 10.4 Å². The number of hydrogen-bond acceptors (Lipinski definition) is 3. The van der Waals surface area contributed by atoms with E-state index in [1.54, 1.807) is 0 Å². The van der Waals surface area contributed by atoms with Crippen molar-refractivity contribution in [2.45, 2.75) is 45.6 Å². The fourth-order valence-corrected chi connectivity index (χ4v) is 2.18. The van der Waals surface area contributed by atoms with Gasteiger partial charge in [0.25, 0.3) is 0 Å². The predicted molar refractivity (Wildman–Crippen MR) is 48.7 cm³/mol. The molecule has 1 N–H and O–H groups in total. The molecule has 0 saturated heterocycles. The quantitative estimate of drug-likeness (QED) is 0.702. The van der Waals surface area contributed by atoms with E-state index >= 15 is 0 Å². The van der Waals surface area contributed by atoms with Crippen LogP contribution in [0.25, 0.3) is 0 Å². The maximum atomic E-state index is 10.4. The molecule has 0 aromatic carbocycles. The Morgan fingerprint density at radius 1 is 1.31 bits per heavy atom. The Morgan fingerprint density at radius 2 is 1.77 bits per heavy atom. The van der Waals surface area contributed by atoms with Crippen molar-refractivity contribution in [3.05, 3.63) is 0 Å². The third kappa shape index (κ3) is 4.06. The van der Waals surface area contributed by atoms with Gasteiger partial charge < -0.3 is 0 Å². The first-order valence-electron chi connectivity index (χ1n) is 4.44. The molecule has 1 rings (SSSR count). The molecule has 0 amide bonds. The van der Waals surface area contributed by atoms with Crippen LogP contribution in [-0.2, 0) is 14.6 Å². The molecule has 4 nitrogen and oxygen atoms in total. The summed E-state index contributed by atoms with van der Waals surface area (Å²) in [6.07, 6.45) is 2.95. The van der Waals surface area contributed by atoms with Gasteiger partial charge in [0, 0.05) is 0 Å². The van der Waals surface area contributed by atoms with Crippen LogP contribution in [0.4, 0.5) is 0 Å². The van der Waals surface area contributed by atoms with Crippen LogP contribution in [0.1, 0.15) is 39.5 Å². The van der Waals surface area contributed by atoms with Crippen molar-refractivity contribution in [2.75, 3.05) is 0 Å². The zero-order valence-electron chi connectivity index (χ0n) is 7.99. The van der Waals surface area contributed by atoms with Crippen LogP contribution in [0.3, 0.4) is 0 Å². The molecular weight excluding hydrogens is 192 g/mol. The average molecular weight is 208 g/mol. The lowest BCUT2D eigenvalue weighted by Crippen LogP contribution is -2.28. The lowest BCUT2D eigenvalue weighted by Gasteiger charge is -2.33. The second-order valence-corrected chi connectivity index (χ2v) is 5.44. The average Bonchev–Trinajstić information content (AvgIpc) is 1.91. The third-order valence-corrected chi connectivity index (χ3v) is 3.06. The number of hydrogen-bond donors (Lipinski definition) is 1. The van der Waals surface area contributed by atoms with Crippen LogP contribution in [0.5, 0.6) is 0 Å². The summed E-state index contributed by atoms with van der Waals surface area (Å²) in [5.74, 6) is 0. The lowest BCUT2D eigenvalue weighted by molar-refractivity contribution is 0.0927. The van der Waals surface area contributed by atoms with Crippen molar-refractivity contribution in [3.63, 3.8) is 0 Å². The third-order valence-electron chi connectivity index (χ3n) is 2.54. The smallest absolute Gasteiger partial charge is 0.264 e. The zero-order chi connectivity index (χ0) is 10.1. The molecular formula is C8H16O4S.